The molecule has 0 aliphatic carbocycles. The lowest BCUT2D eigenvalue weighted by molar-refractivity contribution is -0.119. The van der Waals surface area contributed by atoms with Gasteiger partial charge in [0.1, 0.15) is 11.6 Å². The second kappa shape index (κ2) is 11.9. The number of halogens is 2. The summed E-state index contributed by atoms with van der Waals surface area (Å²) in [5.41, 5.74) is 10.3. The van der Waals surface area contributed by atoms with Gasteiger partial charge in [-0.3, -0.25) is 9.59 Å². The molecule has 13 heteroatoms. The first kappa shape index (κ1) is 26.4. The molecule has 8 N–H and O–H groups in total. The zero-order valence-electron chi connectivity index (χ0n) is 17.7. The van der Waals surface area contributed by atoms with Crippen LogP contribution >= 0.6 is 0 Å². The number of amides is 2. The smallest absolute Gasteiger partial charge is 0.423 e. The van der Waals surface area contributed by atoms with Crippen molar-refractivity contribution >= 4 is 37.0 Å². The standard InChI is InChI=1S/C20H25B2F2N3O6/c23-16-6-4-12(9-14(16)21(30)31)11-27(8-2-1-3-18(25)19(26)28)20(29)13-5-7-17(24)15(10-13)22(32)33/h4-7,9-10,18,30-33H,1-3,8,11,25H2,(H2,26,28)/t18-/m0/s1. The second-order valence-corrected chi connectivity index (χ2v) is 7.57. The molecular weight excluding hydrogens is 438 g/mol. The maximum atomic E-state index is 13.8. The minimum atomic E-state index is -2.12. The van der Waals surface area contributed by atoms with Gasteiger partial charge in [-0.15, -0.1) is 0 Å². The van der Waals surface area contributed by atoms with E-state index < -0.39 is 49.2 Å². The van der Waals surface area contributed by atoms with Gasteiger partial charge in [-0.25, -0.2) is 8.78 Å². The van der Waals surface area contributed by atoms with Crippen molar-refractivity contribution in [3.8, 4) is 0 Å². The van der Waals surface area contributed by atoms with E-state index in [4.69, 9.17) is 11.5 Å². The van der Waals surface area contributed by atoms with E-state index in [1.165, 1.54) is 23.1 Å². The van der Waals surface area contributed by atoms with E-state index in [9.17, 15) is 38.5 Å². The number of primary amides is 1. The van der Waals surface area contributed by atoms with Gasteiger partial charge in [0.25, 0.3) is 5.91 Å². The highest BCUT2D eigenvalue weighted by atomic mass is 19.1. The fourth-order valence-electron chi connectivity index (χ4n) is 3.23. The van der Waals surface area contributed by atoms with E-state index in [0.29, 0.717) is 24.8 Å². The first-order valence-electron chi connectivity index (χ1n) is 10.2. The fraction of sp³-hybridized carbons (Fsp3) is 0.300. The van der Waals surface area contributed by atoms with Crippen LogP contribution in [-0.2, 0) is 11.3 Å². The van der Waals surface area contributed by atoms with Gasteiger partial charge >= 0.3 is 14.2 Å². The Morgan fingerprint density at radius 3 is 2.09 bits per heavy atom. The predicted molar refractivity (Wildman–Crippen MR) is 118 cm³/mol. The minimum absolute atomic E-state index is 0.0159. The molecule has 0 unspecified atom stereocenters. The summed E-state index contributed by atoms with van der Waals surface area (Å²) >= 11 is 0. The van der Waals surface area contributed by atoms with E-state index in [-0.39, 0.29) is 24.1 Å². The summed E-state index contributed by atoms with van der Waals surface area (Å²) in [4.78, 5) is 25.6. The monoisotopic (exact) mass is 463 g/mol. The highest BCUT2D eigenvalue weighted by Gasteiger charge is 2.23. The Morgan fingerprint density at radius 2 is 1.52 bits per heavy atom. The maximum absolute atomic E-state index is 13.8. The largest absolute Gasteiger partial charge is 0.491 e. The Labute approximate surface area is 189 Å². The highest BCUT2D eigenvalue weighted by Crippen LogP contribution is 2.13. The molecule has 0 heterocycles. The quantitative estimate of drug-likeness (QED) is 0.165. The molecule has 2 rings (SSSR count). The van der Waals surface area contributed by atoms with Crippen molar-refractivity contribution in [1.82, 2.24) is 4.90 Å². The Hall–Kier alpha value is -2.83. The Kier molecular flexibility index (Phi) is 9.50. The molecule has 0 radical (unpaired) electrons. The average Bonchev–Trinajstić information content (AvgIpc) is 2.76. The Balaban J connectivity index is 2.26. The van der Waals surface area contributed by atoms with Crippen LogP contribution in [0.15, 0.2) is 36.4 Å². The molecule has 0 saturated carbocycles. The number of nitrogens with zero attached hydrogens (tertiary/aromatic N) is 1. The summed E-state index contributed by atoms with van der Waals surface area (Å²) in [6.45, 7) is 0.0994. The molecule has 0 spiro atoms. The molecule has 0 fully saturated rings. The van der Waals surface area contributed by atoms with Gasteiger partial charge < -0.3 is 36.5 Å². The van der Waals surface area contributed by atoms with Gasteiger partial charge in [0.2, 0.25) is 5.91 Å². The van der Waals surface area contributed by atoms with Crippen molar-refractivity contribution in [2.24, 2.45) is 11.5 Å². The SMILES string of the molecule is NC(=O)[C@@H](N)CCCCN(Cc1ccc(F)c(B(O)O)c1)C(=O)c1ccc(F)c(B(O)O)c1. The number of benzene rings is 2. The molecule has 9 nitrogen and oxygen atoms in total. The molecule has 33 heavy (non-hydrogen) atoms. The minimum Gasteiger partial charge on any atom is -0.423 e. The summed E-state index contributed by atoms with van der Waals surface area (Å²) < 4.78 is 27.6. The van der Waals surface area contributed by atoms with Crippen LogP contribution in [0.5, 0.6) is 0 Å². The van der Waals surface area contributed by atoms with Crippen molar-refractivity contribution in [2.75, 3.05) is 6.54 Å². The topological polar surface area (TPSA) is 170 Å². The van der Waals surface area contributed by atoms with Gasteiger partial charge in [-0.1, -0.05) is 12.1 Å². The summed E-state index contributed by atoms with van der Waals surface area (Å²) in [6.07, 6.45) is 1.17. The maximum Gasteiger partial charge on any atom is 0.491 e. The van der Waals surface area contributed by atoms with Crippen LogP contribution in [-0.4, -0.2) is 63.6 Å². The van der Waals surface area contributed by atoms with E-state index in [1.54, 1.807) is 0 Å². The molecule has 2 aromatic rings. The number of hydrogen-bond acceptors (Lipinski definition) is 7. The van der Waals surface area contributed by atoms with Gasteiger partial charge in [-0.2, -0.15) is 0 Å². The van der Waals surface area contributed by atoms with Gasteiger partial charge in [0.05, 0.1) is 6.04 Å². The van der Waals surface area contributed by atoms with E-state index >= 15 is 0 Å². The molecule has 0 aliphatic rings. The number of hydrogen-bond donors (Lipinski definition) is 6. The third kappa shape index (κ3) is 7.34. The first-order chi connectivity index (χ1) is 15.5. The summed E-state index contributed by atoms with van der Waals surface area (Å²) in [5, 5.41) is 37.3. The number of rotatable bonds is 11. The first-order valence-corrected chi connectivity index (χ1v) is 10.2. The lowest BCUT2D eigenvalue weighted by atomic mass is 9.79. The molecular formula is C20H25B2F2N3O6. The van der Waals surface area contributed by atoms with Crippen LogP contribution in [0, 0.1) is 11.6 Å². The molecule has 0 saturated heterocycles. The normalized spacial score (nSPS) is 11.7. The second-order valence-electron chi connectivity index (χ2n) is 7.57. The van der Waals surface area contributed by atoms with Crippen LogP contribution in [0.1, 0.15) is 35.2 Å². The zero-order valence-corrected chi connectivity index (χ0v) is 17.7. The van der Waals surface area contributed by atoms with E-state index in [1.807, 2.05) is 0 Å². The number of unbranched alkanes of at least 4 members (excludes halogenated alkanes) is 1. The summed E-state index contributed by atoms with van der Waals surface area (Å²) in [7, 11) is -4.16. The van der Waals surface area contributed by atoms with Crippen molar-refractivity contribution in [1.29, 1.82) is 0 Å². The third-order valence-corrected chi connectivity index (χ3v) is 5.08. The average molecular weight is 463 g/mol. The Bertz CT molecular complexity index is 996. The van der Waals surface area contributed by atoms with Crippen molar-refractivity contribution in [3.63, 3.8) is 0 Å². The lowest BCUT2D eigenvalue weighted by Crippen LogP contribution is -2.37. The molecule has 2 aromatic carbocycles. The highest BCUT2D eigenvalue weighted by molar-refractivity contribution is 6.59. The van der Waals surface area contributed by atoms with Crippen LogP contribution in [0.25, 0.3) is 0 Å². The Morgan fingerprint density at radius 1 is 0.939 bits per heavy atom. The number of carbonyl (C=O) groups is 2. The predicted octanol–water partition coefficient (Wildman–Crippen LogP) is -2.05. The number of nitrogens with two attached hydrogens (primary N) is 2. The van der Waals surface area contributed by atoms with Crippen LogP contribution in [0.2, 0.25) is 0 Å². The fourth-order valence-corrected chi connectivity index (χ4v) is 3.23. The van der Waals surface area contributed by atoms with Crippen LogP contribution < -0.4 is 22.4 Å². The van der Waals surface area contributed by atoms with Crippen molar-refractivity contribution < 1.29 is 38.5 Å². The third-order valence-electron chi connectivity index (χ3n) is 5.08. The van der Waals surface area contributed by atoms with E-state index in [0.717, 1.165) is 18.2 Å². The number of carbonyl (C=O) groups excluding carboxylic acids is 2. The molecule has 0 aliphatic heterocycles. The van der Waals surface area contributed by atoms with Crippen LogP contribution in [0.3, 0.4) is 0 Å². The molecule has 1 atom stereocenters. The molecule has 0 bridgehead atoms. The summed E-state index contributed by atoms with van der Waals surface area (Å²) in [6, 6.07) is 5.93. The molecule has 176 valence electrons. The van der Waals surface area contributed by atoms with E-state index in [2.05, 4.69) is 0 Å². The van der Waals surface area contributed by atoms with Crippen molar-refractivity contribution in [3.05, 3.63) is 59.2 Å². The van der Waals surface area contributed by atoms with Crippen molar-refractivity contribution in [2.45, 2.75) is 31.8 Å². The summed E-state index contributed by atoms with van der Waals surface area (Å²) in [5.74, 6) is -2.95. The molecule has 0 aromatic heterocycles. The van der Waals surface area contributed by atoms with Gasteiger partial charge in [0, 0.05) is 29.6 Å². The lowest BCUT2D eigenvalue weighted by Gasteiger charge is -2.24. The van der Waals surface area contributed by atoms with Gasteiger partial charge in [-0.05, 0) is 49.1 Å². The van der Waals surface area contributed by atoms with Crippen LogP contribution in [0.4, 0.5) is 8.78 Å². The molecule has 2 amide bonds. The zero-order chi connectivity index (χ0) is 24.7. The van der Waals surface area contributed by atoms with Gasteiger partial charge in [0.15, 0.2) is 0 Å².